The first-order chi connectivity index (χ1) is 8.16. The molecule has 0 atom stereocenters. The van der Waals surface area contributed by atoms with Gasteiger partial charge < -0.3 is 9.88 Å². The van der Waals surface area contributed by atoms with E-state index >= 15 is 0 Å². The maximum atomic E-state index is 12.0. The van der Waals surface area contributed by atoms with Crippen molar-refractivity contribution in [3.05, 3.63) is 56.6 Å². The first-order valence-electron chi connectivity index (χ1n) is 5.13. The zero-order chi connectivity index (χ0) is 12.3. The predicted octanol–water partition coefficient (Wildman–Crippen LogP) is 1.71. The second kappa shape index (κ2) is 4.97. The van der Waals surface area contributed by atoms with Gasteiger partial charge in [0.1, 0.15) is 0 Å². The summed E-state index contributed by atoms with van der Waals surface area (Å²) in [6.07, 6.45) is 1.44. The molecule has 0 bridgehead atoms. The summed E-state index contributed by atoms with van der Waals surface area (Å²) in [4.78, 5) is 28.1. The van der Waals surface area contributed by atoms with Crippen molar-refractivity contribution in [2.24, 2.45) is 0 Å². The molecule has 2 aromatic rings. The average Bonchev–Trinajstić information content (AvgIpc) is 2.82. The monoisotopic (exact) mass is 248 g/mol. The second-order valence-electron chi connectivity index (χ2n) is 3.68. The molecule has 0 radical (unpaired) electrons. The lowest BCUT2D eigenvalue weighted by Gasteiger charge is -2.15. The first-order valence-corrected chi connectivity index (χ1v) is 6.01. The van der Waals surface area contributed by atoms with Gasteiger partial charge in [0.15, 0.2) is 0 Å². The number of rotatable bonds is 3. The molecule has 1 amide bonds. The predicted molar refractivity (Wildman–Crippen MR) is 67.2 cm³/mol. The highest BCUT2D eigenvalue weighted by molar-refractivity contribution is 7.09. The van der Waals surface area contributed by atoms with E-state index in [2.05, 4.69) is 4.98 Å². The molecule has 1 N–H and O–H groups in total. The van der Waals surface area contributed by atoms with E-state index in [1.807, 2.05) is 17.5 Å². The van der Waals surface area contributed by atoms with Crippen LogP contribution in [-0.2, 0) is 6.54 Å². The number of pyridine rings is 1. The van der Waals surface area contributed by atoms with Gasteiger partial charge in [0.2, 0.25) is 5.56 Å². The van der Waals surface area contributed by atoms with Gasteiger partial charge in [0, 0.05) is 24.2 Å². The Morgan fingerprint density at radius 3 is 2.82 bits per heavy atom. The van der Waals surface area contributed by atoms with Gasteiger partial charge in [-0.3, -0.25) is 9.59 Å². The van der Waals surface area contributed by atoms with E-state index in [0.717, 1.165) is 4.88 Å². The fraction of sp³-hybridized carbons (Fsp3) is 0.167. The number of carbonyl (C=O) groups excluding carboxylic acids is 1. The van der Waals surface area contributed by atoms with Gasteiger partial charge in [-0.25, -0.2) is 0 Å². The van der Waals surface area contributed by atoms with Crippen molar-refractivity contribution >= 4 is 17.2 Å². The Labute approximate surface area is 103 Å². The summed E-state index contributed by atoms with van der Waals surface area (Å²) >= 11 is 1.61. The van der Waals surface area contributed by atoms with Crippen LogP contribution in [0, 0.1) is 0 Å². The summed E-state index contributed by atoms with van der Waals surface area (Å²) in [6.45, 7) is 0.579. The first kappa shape index (κ1) is 11.6. The number of hydrogen-bond donors (Lipinski definition) is 1. The molecule has 0 aromatic carbocycles. The largest absolute Gasteiger partial charge is 0.337 e. The number of thiophene rings is 1. The van der Waals surface area contributed by atoms with Crippen molar-refractivity contribution in [2.75, 3.05) is 7.05 Å². The lowest BCUT2D eigenvalue weighted by Crippen LogP contribution is -2.26. The average molecular weight is 248 g/mol. The highest BCUT2D eigenvalue weighted by Gasteiger charge is 2.12. The van der Waals surface area contributed by atoms with Crippen LogP contribution in [0.4, 0.5) is 0 Å². The lowest BCUT2D eigenvalue weighted by atomic mass is 10.2. The van der Waals surface area contributed by atoms with Gasteiger partial charge in [0.25, 0.3) is 5.91 Å². The smallest absolute Gasteiger partial charge is 0.255 e. The van der Waals surface area contributed by atoms with Crippen LogP contribution in [0.3, 0.4) is 0 Å². The number of aromatic amines is 1. The van der Waals surface area contributed by atoms with Crippen LogP contribution in [0.25, 0.3) is 0 Å². The number of H-pyrrole nitrogens is 1. The minimum Gasteiger partial charge on any atom is -0.337 e. The summed E-state index contributed by atoms with van der Waals surface area (Å²) in [5, 5.41) is 1.98. The summed E-state index contributed by atoms with van der Waals surface area (Å²) in [5.74, 6) is -0.102. The molecule has 2 heterocycles. The Kier molecular flexibility index (Phi) is 3.39. The minimum atomic E-state index is -0.206. The quantitative estimate of drug-likeness (QED) is 0.899. The third-order valence-electron chi connectivity index (χ3n) is 2.35. The number of amides is 1. The SMILES string of the molecule is CN(Cc1cccs1)C(=O)c1ccc(=O)[nH]c1. The van der Waals surface area contributed by atoms with Crippen molar-refractivity contribution in [3.63, 3.8) is 0 Å². The molecule has 88 valence electrons. The highest BCUT2D eigenvalue weighted by Crippen LogP contribution is 2.12. The van der Waals surface area contributed by atoms with Gasteiger partial charge in [-0.05, 0) is 17.5 Å². The molecule has 0 spiro atoms. The summed E-state index contributed by atoms with van der Waals surface area (Å²) in [5.41, 5.74) is 0.283. The Hall–Kier alpha value is -1.88. The number of nitrogens with one attached hydrogen (secondary N) is 1. The van der Waals surface area contributed by atoms with Gasteiger partial charge in [-0.2, -0.15) is 0 Å². The number of aromatic nitrogens is 1. The molecule has 0 aliphatic heterocycles. The molecular formula is C12H12N2O2S. The molecule has 0 saturated carbocycles. The molecule has 0 saturated heterocycles. The van der Waals surface area contributed by atoms with E-state index in [-0.39, 0.29) is 11.5 Å². The molecule has 0 aliphatic rings. The highest BCUT2D eigenvalue weighted by atomic mass is 32.1. The minimum absolute atomic E-state index is 0.102. The topological polar surface area (TPSA) is 53.2 Å². The fourth-order valence-electron chi connectivity index (χ4n) is 1.47. The summed E-state index contributed by atoms with van der Waals surface area (Å²) < 4.78 is 0. The van der Waals surface area contributed by atoms with Crippen LogP contribution in [0.15, 0.2) is 40.6 Å². The zero-order valence-electron chi connectivity index (χ0n) is 9.34. The molecule has 5 heteroatoms. The van der Waals surface area contributed by atoms with E-state index in [4.69, 9.17) is 0 Å². The molecule has 2 aromatic heterocycles. The lowest BCUT2D eigenvalue weighted by molar-refractivity contribution is 0.0786. The van der Waals surface area contributed by atoms with Crippen LogP contribution in [0.1, 0.15) is 15.2 Å². The van der Waals surface area contributed by atoms with Crippen molar-refractivity contribution in [3.8, 4) is 0 Å². The Balaban J connectivity index is 2.09. The van der Waals surface area contributed by atoms with Crippen LogP contribution in [0.2, 0.25) is 0 Å². The van der Waals surface area contributed by atoms with Crippen molar-refractivity contribution in [2.45, 2.75) is 6.54 Å². The molecule has 2 rings (SSSR count). The van der Waals surface area contributed by atoms with Crippen LogP contribution in [-0.4, -0.2) is 22.8 Å². The molecule has 0 fully saturated rings. The Bertz CT molecular complexity index is 540. The molecule has 0 aliphatic carbocycles. The van der Waals surface area contributed by atoms with Crippen LogP contribution in [0.5, 0.6) is 0 Å². The maximum Gasteiger partial charge on any atom is 0.255 e. The standard InChI is InChI=1S/C12H12N2O2S/c1-14(8-10-3-2-6-17-10)12(16)9-4-5-11(15)13-7-9/h2-7H,8H2,1H3,(H,13,15). The van der Waals surface area contributed by atoms with Gasteiger partial charge in [-0.15, -0.1) is 11.3 Å². The summed E-state index contributed by atoms with van der Waals surface area (Å²) in [6, 6.07) is 6.83. The zero-order valence-corrected chi connectivity index (χ0v) is 10.2. The normalized spacial score (nSPS) is 10.2. The van der Waals surface area contributed by atoms with Crippen LogP contribution >= 0.6 is 11.3 Å². The number of hydrogen-bond acceptors (Lipinski definition) is 3. The van der Waals surface area contributed by atoms with Crippen molar-refractivity contribution in [1.29, 1.82) is 0 Å². The van der Waals surface area contributed by atoms with E-state index in [1.165, 1.54) is 18.3 Å². The third kappa shape index (κ3) is 2.82. The van der Waals surface area contributed by atoms with Gasteiger partial charge in [-0.1, -0.05) is 6.07 Å². The molecular weight excluding hydrogens is 236 g/mol. The van der Waals surface area contributed by atoms with Crippen molar-refractivity contribution < 1.29 is 4.79 Å². The second-order valence-corrected chi connectivity index (χ2v) is 4.71. The summed E-state index contributed by atoms with van der Waals surface area (Å²) in [7, 11) is 1.74. The number of carbonyl (C=O) groups is 1. The van der Waals surface area contributed by atoms with Gasteiger partial charge in [0.05, 0.1) is 12.1 Å². The Morgan fingerprint density at radius 2 is 2.24 bits per heavy atom. The molecule has 4 nitrogen and oxygen atoms in total. The van der Waals surface area contributed by atoms with Crippen LogP contribution < -0.4 is 5.56 Å². The maximum absolute atomic E-state index is 12.0. The molecule has 0 unspecified atom stereocenters. The van der Waals surface area contributed by atoms with E-state index in [9.17, 15) is 9.59 Å². The molecule has 17 heavy (non-hydrogen) atoms. The fourth-order valence-corrected chi connectivity index (χ4v) is 2.23. The van der Waals surface area contributed by atoms with E-state index < -0.39 is 0 Å². The van der Waals surface area contributed by atoms with Crippen molar-refractivity contribution in [1.82, 2.24) is 9.88 Å². The van der Waals surface area contributed by atoms with Gasteiger partial charge >= 0.3 is 0 Å². The van der Waals surface area contributed by atoms with E-state index in [0.29, 0.717) is 12.1 Å². The number of nitrogens with zero attached hydrogens (tertiary/aromatic N) is 1. The Morgan fingerprint density at radius 1 is 1.41 bits per heavy atom. The van der Waals surface area contributed by atoms with E-state index in [1.54, 1.807) is 23.3 Å². The third-order valence-corrected chi connectivity index (χ3v) is 3.21.